The zero-order chi connectivity index (χ0) is 22.9. The van der Waals surface area contributed by atoms with Crippen LogP contribution in [0.25, 0.3) is 0 Å². The summed E-state index contributed by atoms with van der Waals surface area (Å²) in [6.45, 7) is 7.42. The van der Waals surface area contributed by atoms with Gasteiger partial charge in [0.2, 0.25) is 22.1 Å². The molecule has 0 saturated carbocycles. The molecule has 0 bridgehead atoms. The fourth-order valence-corrected chi connectivity index (χ4v) is 6.09. The fraction of sp³-hybridized carbons (Fsp3) is 0.565. The summed E-state index contributed by atoms with van der Waals surface area (Å²) in [4.78, 5) is 33.6. The summed E-state index contributed by atoms with van der Waals surface area (Å²) in [5.74, 6) is 0.331. The minimum atomic E-state index is -0.0287. The molecule has 1 aromatic heterocycles. The van der Waals surface area contributed by atoms with Crippen molar-refractivity contribution < 1.29 is 9.59 Å². The Labute approximate surface area is 203 Å². The summed E-state index contributed by atoms with van der Waals surface area (Å²) < 4.78 is 0. The van der Waals surface area contributed by atoms with E-state index in [2.05, 4.69) is 26.9 Å². The molecule has 3 aliphatic heterocycles. The van der Waals surface area contributed by atoms with Crippen molar-refractivity contribution in [3.05, 3.63) is 28.8 Å². The summed E-state index contributed by atoms with van der Waals surface area (Å²) in [6.07, 6.45) is 3.31. The van der Waals surface area contributed by atoms with E-state index in [0.717, 1.165) is 74.4 Å². The number of hydrogen-bond acceptors (Lipinski definition) is 7. The first-order chi connectivity index (χ1) is 16.0. The molecule has 10 heteroatoms. The molecule has 3 aliphatic rings. The van der Waals surface area contributed by atoms with E-state index in [1.807, 2.05) is 23.1 Å². The second-order valence-corrected chi connectivity index (χ2v) is 10.4. The van der Waals surface area contributed by atoms with Gasteiger partial charge in [-0.3, -0.25) is 14.5 Å². The van der Waals surface area contributed by atoms with Gasteiger partial charge in [0, 0.05) is 62.9 Å². The first kappa shape index (κ1) is 22.4. The Bertz CT molecular complexity index is 1040. The van der Waals surface area contributed by atoms with Gasteiger partial charge in [0.25, 0.3) is 0 Å². The van der Waals surface area contributed by atoms with E-state index in [0.29, 0.717) is 18.1 Å². The van der Waals surface area contributed by atoms with E-state index >= 15 is 0 Å². The molecule has 0 N–H and O–H groups in total. The van der Waals surface area contributed by atoms with Crippen molar-refractivity contribution in [3.63, 3.8) is 0 Å². The number of piperazine rings is 1. The highest BCUT2D eigenvalue weighted by Crippen LogP contribution is 2.33. The van der Waals surface area contributed by atoms with E-state index in [1.165, 1.54) is 16.9 Å². The lowest BCUT2D eigenvalue weighted by molar-refractivity contribution is -0.136. The molecule has 2 amide bonds. The van der Waals surface area contributed by atoms with Gasteiger partial charge in [-0.1, -0.05) is 29.0 Å². The van der Waals surface area contributed by atoms with Gasteiger partial charge in [-0.15, -0.1) is 10.2 Å². The van der Waals surface area contributed by atoms with E-state index < -0.39 is 0 Å². The van der Waals surface area contributed by atoms with Gasteiger partial charge in [0.05, 0.1) is 5.92 Å². The molecule has 3 saturated heterocycles. The Morgan fingerprint density at radius 3 is 2.58 bits per heavy atom. The lowest BCUT2D eigenvalue weighted by atomic mass is 9.96. The van der Waals surface area contributed by atoms with Crippen LogP contribution in [0, 0.1) is 12.8 Å². The third kappa shape index (κ3) is 4.66. The Hall–Kier alpha value is -2.39. The highest BCUT2D eigenvalue weighted by Gasteiger charge is 2.33. The number of benzene rings is 1. The Morgan fingerprint density at radius 1 is 1.03 bits per heavy atom. The maximum atomic E-state index is 13.3. The number of amides is 2. The number of aromatic nitrogens is 2. The molecule has 3 fully saturated rings. The van der Waals surface area contributed by atoms with Gasteiger partial charge in [0.15, 0.2) is 0 Å². The fourth-order valence-electron chi connectivity index (χ4n) is 5.00. The molecule has 5 rings (SSSR count). The number of carbonyl (C=O) groups excluding carboxylic acids is 2. The first-order valence-electron chi connectivity index (χ1n) is 11.7. The molecule has 8 nitrogen and oxygen atoms in total. The van der Waals surface area contributed by atoms with Gasteiger partial charge in [-0.05, 0) is 43.9 Å². The number of rotatable bonds is 4. The van der Waals surface area contributed by atoms with Gasteiger partial charge < -0.3 is 14.7 Å². The number of aryl methyl sites for hydroxylation is 1. The predicted molar refractivity (Wildman–Crippen MR) is 131 cm³/mol. The summed E-state index contributed by atoms with van der Waals surface area (Å²) in [5, 5.41) is 10.8. The molecule has 4 heterocycles. The van der Waals surface area contributed by atoms with Crippen LogP contribution in [0.4, 0.5) is 16.0 Å². The van der Waals surface area contributed by atoms with Crippen molar-refractivity contribution in [1.29, 1.82) is 0 Å². The lowest BCUT2D eigenvalue weighted by Gasteiger charge is -2.40. The zero-order valence-corrected chi connectivity index (χ0v) is 20.4. The predicted octanol–water partition coefficient (Wildman–Crippen LogP) is 3.19. The minimum Gasteiger partial charge on any atom is -0.368 e. The zero-order valence-electron chi connectivity index (χ0n) is 18.9. The van der Waals surface area contributed by atoms with Crippen LogP contribution in [0.3, 0.4) is 0 Å². The highest BCUT2D eigenvalue weighted by molar-refractivity contribution is 7.19. The smallest absolute Gasteiger partial charge is 0.228 e. The molecular formula is C23H29ClN6O2S. The quantitative estimate of drug-likeness (QED) is 0.658. The van der Waals surface area contributed by atoms with Crippen molar-refractivity contribution >= 4 is 50.7 Å². The van der Waals surface area contributed by atoms with Crippen LogP contribution in [0.2, 0.25) is 5.02 Å². The van der Waals surface area contributed by atoms with Crippen LogP contribution < -0.4 is 14.7 Å². The molecule has 0 aliphatic carbocycles. The van der Waals surface area contributed by atoms with E-state index in [9.17, 15) is 9.59 Å². The normalized spacial score (nSPS) is 21.8. The third-order valence-corrected chi connectivity index (χ3v) is 8.09. The van der Waals surface area contributed by atoms with Crippen LogP contribution in [0.5, 0.6) is 0 Å². The Kier molecular flexibility index (Phi) is 6.42. The Balaban J connectivity index is 1.19. The third-order valence-electron chi connectivity index (χ3n) is 6.85. The monoisotopic (exact) mass is 488 g/mol. The number of halogens is 1. The topological polar surface area (TPSA) is 72.9 Å². The molecule has 1 aromatic carbocycles. The van der Waals surface area contributed by atoms with E-state index in [4.69, 9.17) is 11.6 Å². The van der Waals surface area contributed by atoms with Crippen LogP contribution in [-0.4, -0.2) is 72.7 Å². The van der Waals surface area contributed by atoms with E-state index in [-0.39, 0.29) is 17.7 Å². The number of piperidine rings is 1. The average molecular weight is 489 g/mol. The molecule has 33 heavy (non-hydrogen) atoms. The lowest BCUT2D eigenvalue weighted by Crippen LogP contribution is -2.52. The van der Waals surface area contributed by atoms with Crippen molar-refractivity contribution in [2.75, 3.05) is 60.5 Å². The SMILES string of the molecule is Cc1ccc(Cl)cc1N1CCN(C(=O)[C@@H]2CCCN(c3nnc(N4CCCC4=O)s3)C2)CC1. The number of carbonyl (C=O) groups is 2. The van der Waals surface area contributed by atoms with Gasteiger partial charge in [0.1, 0.15) is 0 Å². The summed E-state index contributed by atoms with van der Waals surface area (Å²) in [5.41, 5.74) is 2.36. The second kappa shape index (κ2) is 9.46. The maximum Gasteiger partial charge on any atom is 0.228 e. The largest absolute Gasteiger partial charge is 0.368 e. The molecule has 0 spiro atoms. The van der Waals surface area contributed by atoms with Crippen molar-refractivity contribution in [3.8, 4) is 0 Å². The first-order valence-corrected chi connectivity index (χ1v) is 12.9. The molecule has 176 valence electrons. The second-order valence-electron chi connectivity index (χ2n) is 9.04. The van der Waals surface area contributed by atoms with Crippen molar-refractivity contribution in [1.82, 2.24) is 15.1 Å². The van der Waals surface area contributed by atoms with Crippen molar-refractivity contribution in [2.24, 2.45) is 5.92 Å². The van der Waals surface area contributed by atoms with E-state index in [1.54, 1.807) is 4.90 Å². The van der Waals surface area contributed by atoms with Crippen LogP contribution in [0.1, 0.15) is 31.2 Å². The molecule has 1 atom stereocenters. The van der Waals surface area contributed by atoms with Gasteiger partial charge >= 0.3 is 0 Å². The van der Waals surface area contributed by atoms with Crippen LogP contribution >= 0.6 is 22.9 Å². The highest BCUT2D eigenvalue weighted by atomic mass is 35.5. The van der Waals surface area contributed by atoms with Crippen LogP contribution in [0.15, 0.2) is 18.2 Å². The summed E-state index contributed by atoms with van der Waals surface area (Å²) in [6, 6.07) is 5.97. The summed E-state index contributed by atoms with van der Waals surface area (Å²) in [7, 11) is 0. The number of anilines is 3. The van der Waals surface area contributed by atoms with Crippen molar-refractivity contribution in [2.45, 2.75) is 32.6 Å². The average Bonchev–Trinajstić information content (AvgIpc) is 3.49. The van der Waals surface area contributed by atoms with Gasteiger partial charge in [-0.25, -0.2) is 0 Å². The molecular weight excluding hydrogens is 460 g/mol. The maximum absolute atomic E-state index is 13.3. The standard InChI is InChI=1S/C23H29ClN6O2S/c1-16-6-7-18(24)14-19(16)27-10-12-28(13-11-27)21(32)17-4-2-8-29(15-17)22-25-26-23(33-22)30-9-3-5-20(30)31/h6-7,14,17H,2-5,8-13,15H2,1H3/t17-/m1/s1. The number of hydrogen-bond donors (Lipinski definition) is 0. The number of nitrogens with zero attached hydrogens (tertiary/aromatic N) is 6. The van der Waals surface area contributed by atoms with Crippen LogP contribution in [-0.2, 0) is 9.59 Å². The molecule has 0 radical (unpaired) electrons. The molecule has 0 unspecified atom stereocenters. The Morgan fingerprint density at radius 2 is 1.82 bits per heavy atom. The minimum absolute atomic E-state index is 0.0287. The molecule has 2 aromatic rings. The van der Waals surface area contributed by atoms with Gasteiger partial charge in [-0.2, -0.15) is 0 Å². The summed E-state index contributed by atoms with van der Waals surface area (Å²) >= 11 is 7.66.